The summed E-state index contributed by atoms with van der Waals surface area (Å²) < 4.78 is 24.8. The fourth-order valence-corrected chi connectivity index (χ4v) is 5.78. The lowest BCUT2D eigenvalue weighted by Gasteiger charge is -2.26. The van der Waals surface area contributed by atoms with E-state index in [1.54, 1.807) is 37.3 Å². The van der Waals surface area contributed by atoms with E-state index >= 15 is 0 Å². The number of hydrogen-bond acceptors (Lipinski definition) is 9. The molecule has 0 bridgehead atoms. The average molecular weight is 630 g/mol. The number of allylic oxidation sites excluding steroid dienone is 1. The molecule has 1 atom stereocenters. The third-order valence-corrected chi connectivity index (χ3v) is 7.35. The summed E-state index contributed by atoms with van der Waals surface area (Å²) in [7, 11) is 1.30. The first kappa shape index (κ1) is 29.3. The second kappa shape index (κ2) is 12.2. The van der Waals surface area contributed by atoms with Gasteiger partial charge in [-0.2, -0.15) is 0 Å². The summed E-state index contributed by atoms with van der Waals surface area (Å²) in [5.41, 5.74) is 1.65. The molecular formula is C29H29BrN2O7S. The van der Waals surface area contributed by atoms with Crippen molar-refractivity contribution in [2.45, 2.75) is 46.8 Å². The van der Waals surface area contributed by atoms with Crippen LogP contribution in [0.15, 0.2) is 61.9 Å². The summed E-state index contributed by atoms with van der Waals surface area (Å²) >= 11 is 4.72. The number of esters is 2. The van der Waals surface area contributed by atoms with Crippen LogP contribution < -0.4 is 29.1 Å². The Bertz CT molecular complexity index is 1690. The molecule has 2 aromatic carbocycles. The fourth-order valence-electron chi connectivity index (χ4n) is 4.35. The molecule has 1 aliphatic heterocycles. The van der Waals surface area contributed by atoms with Crippen molar-refractivity contribution in [3.63, 3.8) is 0 Å². The van der Waals surface area contributed by atoms with Crippen molar-refractivity contribution in [2.75, 3.05) is 13.7 Å². The van der Waals surface area contributed by atoms with Crippen LogP contribution in [0.4, 0.5) is 0 Å². The van der Waals surface area contributed by atoms with Gasteiger partial charge in [-0.15, -0.1) is 0 Å². The first-order chi connectivity index (χ1) is 19.0. The minimum atomic E-state index is -0.831. The molecule has 9 nitrogen and oxygen atoms in total. The second-order valence-electron chi connectivity index (χ2n) is 9.15. The van der Waals surface area contributed by atoms with Gasteiger partial charge < -0.3 is 18.9 Å². The zero-order valence-corrected chi connectivity index (χ0v) is 25.3. The Morgan fingerprint density at radius 2 is 1.88 bits per heavy atom. The normalized spacial score (nSPS) is 15.0. The number of carbonyl (C=O) groups excluding carboxylic acids is 2. The van der Waals surface area contributed by atoms with Crippen LogP contribution >= 0.6 is 27.3 Å². The molecule has 210 valence electrons. The lowest BCUT2D eigenvalue weighted by molar-refractivity contribution is -0.136. The van der Waals surface area contributed by atoms with E-state index in [4.69, 9.17) is 18.9 Å². The lowest BCUT2D eigenvalue weighted by atomic mass is 9.95. The van der Waals surface area contributed by atoms with E-state index in [9.17, 15) is 14.4 Å². The van der Waals surface area contributed by atoms with Crippen molar-refractivity contribution in [1.82, 2.24) is 4.57 Å². The van der Waals surface area contributed by atoms with Crippen LogP contribution in [0.3, 0.4) is 0 Å². The number of ether oxygens (including phenoxy) is 4. The van der Waals surface area contributed by atoms with Gasteiger partial charge in [0.25, 0.3) is 5.56 Å². The fraction of sp³-hybridized carbons (Fsp3) is 0.310. The number of carbonyl (C=O) groups is 2. The first-order valence-electron chi connectivity index (χ1n) is 12.6. The maximum atomic E-state index is 14.0. The number of nitrogens with zero attached hydrogens (tertiary/aromatic N) is 2. The van der Waals surface area contributed by atoms with Crippen LogP contribution in [0.1, 0.15) is 51.8 Å². The molecule has 3 aromatic rings. The van der Waals surface area contributed by atoms with Crippen LogP contribution in [0.5, 0.6) is 17.2 Å². The third kappa shape index (κ3) is 6.05. The summed E-state index contributed by atoms with van der Waals surface area (Å²) in [6.07, 6.45) is 1.57. The van der Waals surface area contributed by atoms with Gasteiger partial charge in [0.15, 0.2) is 16.3 Å². The van der Waals surface area contributed by atoms with E-state index in [2.05, 4.69) is 20.9 Å². The van der Waals surface area contributed by atoms with Crippen molar-refractivity contribution in [2.24, 2.45) is 4.99 Å². The maximum Gasteiger partial charge on any atom is 0.338 e. The Hall–Kier alpha value is -3.70. The van der Waals surface area contributed by atoms with Gasteiger partial charge in [-0.1, -0.05) is 33.3 Å². The summed E-state index contributed by atoms with van der Waals surface area (Å²) in [5, 5.41) is 0. The first-order valence-corrected chi connectivity index (χ1v) is 14.2. The van der Waals surface area contributed by atoms with Gasteiger partial charge in [-0.05, 0) is 69.7 Å². The standard InChI is InChI=1S/C29H29BrN2O7S/c1-7-37-23-12-18(8-10-22(23)39-17(5)33)13-24-27(34)32-26(20-14-19(30)9-11-21(20)38-15(2)3)25(28(35)36-6)16(4)31-29(32)40-24/h8-15,26H,7H2,1-6H3/b24-13-/t26-/m0/s1. The van der Waals surface area contributed by atoms with E-state index < -0.39 is 18.0 Å². The zero-order valence-electron chi connectivity index (χ0n) is 22.9. The lowest BCUT2D eigenvalue weighted by Crippen LogP contribution is -2.40. The van der Waals surface area contributed by atoms with E-state index in [0.717, 1.165) is 4.47 Å². The Labute approximate surface area is 243 Å². The highest BCUT2D eigenvalue weighted by Gasteiger charge is 2.35. The van der Waals surface area contributed by atoms with Crippen molar-refractivity contribution < 1.29 is 28.5 Å². The minimum absolute atomic E-state index is 0.142. The van der Waals surface area contributed by atoms with Gasteiger partial charge in [-0.3, -0.25) is 14.2 Å². The van der Waals surface area contributed by atoms with Gasteiger partial charge in [0.1, 0.15) is 11.8 Å². The quantitative estimate of drug-likeness (QED) is 0.271. The Morgan fingerprint density at radius 3 is 2.52 bits per heavy atom. The minimum Gasteiger partial charge on any atom is -0.491 e. The number of halogens is 1. The second-order valence-corrected chi connectivity index (χ2v) is 11.1. The summed E-state index contributed by atoms with van der Waals surface area (Å²) in [5.74, 6) is 0.158. The Kier molecular flexibility index (Phi) is 8.95. The van der Waals surface area contributed by atoms with Gasteiger partial charge in [0, 0.05) is 17.0 Å². The molecule has 0 N–H and O–H groups in total. The number of hydrogen-bond donors (Lipinski definition) is 0. The number of thiazole rings is 1. The Morgan fingerprint density at radius 1 is 1.15 bits per heavy atom. The molecule has 0 saturated carbocycles. The van der Waals surface area contributed by atoms with Gasteiger partial charge in [0.05, 0.1) is 35.6 Å². The predicted molar refractivity (Wildman–Crippen MR) is 155 cm³/mol. The molecule has 0 fully saturated rings. The van der Waals surface area contributed by atoms with Crippen molar-refractivity contribution >= 4 is 45.3 Å². The van der Waals surface area contributed by atoms with E-state index in [1.807, 2.05) is 32.9 Å². The smallest absolute Gasteiger partial charge is 0.338 e. The van der Waals surface area contributed by atoms with E-state index in [-0.39, 0.29) is 17.2 Å². The summed E-state index contributed by atoms with van der Waals surface area (Å²) in [6.45, 7) is 9.03. The molecule has 0 saturated heterocycles. The van der Waals surface area contributed by atoms with Gasteiger partial charge in [0.2, 0.25) is 0 Å². The average Bonchev–Trinajstić information content (AvgIpc) is 3.19. The molecule has 0 amide bonds. The topological polar surface area (TPSA) is 105 Å². The highest BCUT2D eigenvalue weighted by Crippen LogP contribution is 2.38. The van der Waals surface area contributed by atoms with Crippen LogP contribution in [-0.2, 0) is 14.3 Å². The Balaban J connectivity index is 1.95. The highest BCUT2D eigenvalue weighted by molar-refractivity contribution is 9.10. The number of rotatable bonds is 8. The van der Waals surface area contributed by atoms with Gasteiger partial charge in [-0.25, -0.2) is 9.79 Å². The summed E-state index contributed by atoms with van der Waals surface area (Å²) in [4.78, 5) is 43.5. The molecule has 0 aliphatic carbocycles. The number of fused-ring (bicyclic) bond motifs is 1. The predicted octanol–water partition coefficient (Wildman–Crippen LogP) is 4.28. The molecular weight excluding hydrogens is 600 g/mol. The molecule has 0 radical (unpaired) electrons. The number of aromatic nitrogens is 1. The highest BCUT2D eigenvalue weighted by atomic mass is 79.9. The van der Waals surface area contributed by atoms with Crippen molar-refractivity contribution in [1.29, 1.82) is 0 Å². The summed E-state index contributed by atoms with van der Waals surface area (Å²) in [6, 6.07) is 9.70. The van der Waals surface area contributed by atoms with Crippen molar-refractivity contribution in [3.8, 4) is 17.2 Å². The molecule has 1 aromatic heterocycles. The van der Waals surface area contributed by atoms with E-state index in [1.165, 1.54) is 29.9 Å². The van der Waals surface area contributed by atoms with Crippen LogP contribution in [-0.4, -0.2) is 36.3 Å². The number of methoxy groups -OCH3 is 1. The van der Waals surface area contributed by atoms with E-state index in [0.29, 0.717) is 50.0 Å². The van der Waals surface area contributed by atoms with Crippen LogP contribution in [0.25, 0.3) is 6.08 Å². The molecule has 0 spiro atoms. The molecule has 0 unspecified atom stereocenters. The molecule has 4 rings (SSSR count). The molecule has 40 heavy (non-hydrogen) atoms. The van der Waals surface area contributed by atoms with Gasteiger partial charge >= 0.3 is 11.9 Å². The number of benzene rings is 2. The van der Waals surface area contributed by atoms with Crippen molar-refractivity contribution in [3.05, 3.63) is 83.0 Å². The molecule has 2 heterocycles. The molecule has 1 aliphatic rings. The largest absolute Gasteiger partial charge is 0.491 e. The SMILES string of the molecule is CCOc1cc(/C=c2\sc3n(c2=O)[C@@H](c2cc(Br)ccc2OC(C)C)C(C(=O)OC)=C(C)N=3)ccc1OC(C)=O. The maximum absolute atomic E-state index is 14.0. The third-order valence-electron chi connectivity index (χ3n) is 5.88. The zero-order chi connectivity index (χ0) is 29.1. The van der Waals surface area contributed by atoms with Crippen LogP contribution in [0, 0.1) is 0 Å². The van der Waals surface area contributed by atoms with Crippen LogP contribution in [0.2, 0.25) is 0 Å². The monoisotopic (exact) mass is 628 g/mol. The molecule has 11 heteroatoms.